The minimum Gasteiger partial charge on any atom is -0.393 e. The van der Waals surface area contributed by atoms with E-state index in [9.17, 15) is 5.11 Å². The molecule has 1 aliphatic heterocycles. The van der Waals surface area contributed by atoms with Crippen molar-refractivity contribution in [3.05, 3.63) is 0 Å². The van der Waals surface area contributed by atoms with Gasteiger partial charge in [0.25, 0.3) is 0 Å². The van der Waals surface area contributed by atoms with Crippen molar-refractivity contribution in [2.45, 2.75) is 49.9 Å². The third-order valence-electron chi connectivity index (χ3n) is 3.86. The number of aliphatic hydroxyl groups excluding tert-OH is 1. The summed E-state index contributed by atoms with van der Waals surface area (Å²) < 4.78 is 21.7. The molecule has 1 aliphatic carbocycles. The van der Waals surface area contributed by atoms with Gasteiger partial charge in [-0.05, 0) is 25.7 Å². The van der Waals surface area contributed by atoms with Gasteiger partial charge in [-0.1, -0.05) is 0 Å². The van der Waals surface area contributed by atoms with Crippen LogP contribution in [0.3, 0.4) is 0 Å². The molecular formula is C13H24O5. The van der Waals surface area contributed by atoms with Crippen LogP contribution in [0.1, 0.15) is 32.1 Å². The second-order valence-corrected chi connectivity index (χ2v) is 5.24. The first-order chi connectivity index (χ1) is 8.74. The highest BCUT2D eigenvalue weighted by Gasteiger charge is 2.43. The Bertz CT molecular complexity index is 238. The first kappa shape index (κ1) is 14.2. The summed E-state index contributed by atoms with van der Waals surface area (Å²) in [4.78, 5) is 0. The Morgan fingerprint density at radius 3 is 2.78 bits per heavy atom. The van der Waals surface area contributed by atoms with Gasteiger partial charge in [-0.25, -0.2) is 0 Å². The van der Waals surface area contributed by atoms with E-state index in [2.05, 4.69) is 0 Å². The maximum Gasteiger partial charge on any atom is 0.147 e. The van der Waals surface area contributed by atoms with Gasteiger partial charge in [-0.15, -0.1) is 0 Å². The van der Waals surface area contributed by atoms with Crippen molar-refractivity contribution in [2.75, 3.05) is 33.7 Å². The molecule has 0 amide bonds. The van der Waals surface area contributed by atoms with Gasteiger partial charge in [-0.2, -0.15) is 0 Å². The van der Waals surface area contributed by atoms with Crippen LogP contribution < -0.4 is 0 Å². The lowest BCUT2D eigenvalue weighted by Gasteiger charge is -2.34. The zero-order chi connectivity index (χ0) is 12.8. The first-order valence-electron chi connectivity index (χ1n) is 6.74. The molecule has 0 bridgehead atoms. The van der Waals surface area contributed by atoms with Crippen molar-refractivity contribution in [2.24, 2.45) is 0 Å². The Kier molecular flexibility index (Phi) is 5.38. The van der Waals surface area contributed by atoms with Crippen molar-refractivity contribution in [1.82, 2.24) is 0 Å². The highest BCUT2D eigenvalue weighted by molar-refractivity contribution is 4.93. The summed E-state index contributed by atoms with van der Waals surface area (Å²) in [7, 11) is 1.65. The van der Waals surface area contributed by atoms with E-state index in [0.29, 0.717) is 26.6 Å². The lowest BCUT2D eigenvalue weighted by Crippen LogP contribution is -2.35. The van der Waals surface area contributed by atoms with E-state index in [1.807, 2.05) is 0 Å². The highest BCUT2D eigenvalue weighted by Crippen LogP contribution is 2.40. The largest absolute Gasteiger partial charge is 0.393 e. The molecule has 2 aliphatic rings. The predicted molar refractivity (Wildman–Crippen MR) is 65.3 cm³/mol. The standard InChI is InChI=1S/C13H24O5/c1-15-6-7-16-10-17-12-8-13(18-9-12)4-2-11(14)3-5-13/h11-12,14H,2-10H2,1H3. The third kappa shape index (κ3) is 3.90. The Balaban J connectivity index is 1.62. The summed E-state index contributed by atoms with van der Waals surface area (Å²) in [6.07, 6.45) is 4.48. The Labute approximate surface area is 108 Å². The lowest BCUT2D eigenvalue weighted by molar-refractivity contribution is -0.0976. The van der Waals surface area contributed by atoms with Crippen molar-refractivity contribution >= 4 is 0 Å². The van der Waals surface area contributed by atoms with Gasteiger partial charge < -0.3 is 24.1 Å². The van der Waals surface area contributed by atoms with E-state index >= 15 is 0 Å². The quantitative estimate of drug-likeness (QED) is 0.572. The smallest absolute Gasteiger partial charge is 0.147 e. The van der Waals surface area contributed by atoms with Crippen molar-refractivity contribution in [1.29, 1.82) is 0 Å². The summed E-state index contributed by atoms with van der Waals surface area (Å²) in [5.74, 6) is 0. The summed E-state index contributed by atoms with van der Waals surface area (Å²) in [5, 5.41) is 9.52. The van der Waals surface area contributed by atoms with Crippen LogP contribution >= 0.6 is 0 Å². The number of methoxy groups -OCH3 is 1. The summed E-state index contributed by atoms with van der Waals surface area (Å²) in [5.41, 5.74) is -0.0452. The van der Waals surface area contributed by atoms with Gasteiger partial charge in [0.05, 0.1) is 37.6 Å². The number of rotatable bonds is 6. The fourth-order valence-corrected chi connectivity index (χ4v) is 2.73. The van der Waals surface area contributed by atoms with Gasteiger partial charge >= 0.3 is 0 Å². The van der Waals surface area contributed by atoms with E-state index in [1.165, 1.54) is 0 Å². The second kappa shape index (κ2) is 6.82. The van der Waals surface area contributed by atoms with Gasteiger partial charge in [-0.3, -0.25) is 0 Å². The maximum absolute atomic E-state index is 9.52. The Morgan fingerprint density at radius 1 is 1.28 bits per heavy atom. The first-order valence-corrected chi connectivity index (χ1v) is 6.74. The molecule has 2 fully saturated rings. The van der Waals surface area contributed by atoms with Crippen molar-refractivity contribution < 1.29 is 24.1 Å². The van der Waals surface area contributed by atoms with Crippen molar-refractivity contribution in [3.8, 4) is 0 Å². The molecule has 0 radical (unpaired) electrons. The SMILES string of the molecule is COCCOCOC1COC2(CCC(O)CC2)C1. The average molecular weight is 260 g/mol. The maximum atomic E-state index is 9.52. The van der Waals surface area contributed by atoms with Crippen LogP contribution in [0.4, 0.5) is 0 Å². The predicted octanol–water partition coefficient (Wildman–Crippen LogP) is 1.09. The molecule has 106 valence electrons. The molecule has 0 aromatic carbocycles. The van der Waals surface area contributed by atoms with Crippen LogP contribution in [0.15, 0.2) is 0 Å². The fraction of sp³-hybridized carbons (Fsp3) is 1.00. The Hall–Kier alpha value is -0.200. The van der Waals surface area contributed by atoms with E-state index in [4.69, 9.17) is 18.9 Å². The molecule has 1 atom stereocenters. The van der Waals surface area contributed by atoms with Crippen LogP contribution in [0.2, 0.25) is 0 Å². The van der Waals surface area contributed by atoms with Gasteiger partial charge in [0, 0.05) is 13.5 Å². The lowest BCUT2D eigenvalue weighted by atomic mass is 9.81. The Morgan fingerprint density at radius 2 is 2.06 bits per heavy atom. The second-order valence-electron chi connectivity index (χ2n) is 5.24. The molecule has 0 aromatic rings. The van der Waals surface area contributed by atoms with E-state index < -0.39 is 0 Å². The number of hydrogen-bond acceptors (Lipinski definition) is 5. The monoisotopic (exact) mass is 260 g/mol. The van der Waals surface area contributed by atoms with Crippen molar-refractivity contribution in [3.63, 3.8) is 0 Å². The normalized spacial score (nSPS) is 36.3. The molecule has 2 rings (SSSR count). The van der Waals surface area contributed by atoms with E-state index in [1.54, 1.807) is 7.11 Å². The minimum absolute atomic E-state index is 0.0452. The number of ether oxygens (including phenoxy) is 4. The number of hydrogen-bond donors (Lipinski definition) is 1. The van der Waals surface area contributed by atoms with Crippen LogP contribution in [-0.2, 0) is 18.9 Å². The molecule has 5 heteroatoms. The van der Waals surface area contributed by atoms with Gasteiger partial charge in [0.1, 0.15) is 6.79 Å². The number of aliphatic hydroxyl groups is 1. The van der Waals surface area contributed by atoms with Crippen LogP contribution in [-0.4, -0.2) is 56.6 Å². The van der Waals surface area contributed by atoms with E-state index in [-0.39, 0.29) is 17.8 Å². The van der Waals surface area contributed by atoms with Gasteiger partial charge in [0.15, 0.2) is 0 Å². The molecule has 1 heterocycles. The highest BCUT2D eigenvalue weighted by atomic mass is 16.7. The third-order valence-corrected chi connectivity index (χ3v) is 3.86. The summed E-state index contributed by atoms with van der Waals surface area (Å²) in [6.45, 7) is 2.09. The molecule has 1 N–H and O–H groups in total. The molecular weight excluding hydrogens is 236 g/mol. The molecule has 1 saturated heterocycles. The zero-order valence-corrected chi connectivity index (χ0v) is 11.1. The summed E-state index contributed by atoms with van der Waals surface area (Å²) in [6, 6.07) is 0. The minimum atomic E-state index is -0.142. The summed E-state index contributed by atoms with van der Waals surface area (Å²) >= 11 is 0. The molecule has 1 unspecified atom stereocenters. The molecule has 1 saturated carbocycles. The van der Waals surface area contributed by atoms with Crippen LogP contribution in [0.25, 0.3) is 0 Å². The molecule has 1 spiro atoms. The van der Waals surface area contributed by atoms with Gasteiger partial charge in [0.2, 0.25) is 0 Å². The fourth-order valence-electron chi connectivity index (χ4n) is 2.73. The average Bonchev–Trinajstić information content (AvgIpc) is 2.77. The van der Waals surface area contributed by atoms with E-state index in [0.717, 1.165) is 32.1 Å². The van der Waals surface area contributed by atoms with Crippen LogP contribution in [0.5, 0.6) is 0 Å². The van der Waals surface area contributed by atoms with Crippen LogP contribution in [0, 0.1) is 0 Å². The molecule has 5 nitrogen and oxygen atoms in total. The zero-order valence-electron chi connectivity index (χ0n) is 11.1. The molecule has 18 heavy (non-hydrogen) atoms. The molecule has 0 aromatic heterocycles. The topological polar surface area (TPSA) is 57.2 Å².